The van der Waals surface area contributed by atoms with Gasteiger partial charge in [0.1, 0.15) is 17.5 Å². The summed E-state index contributed by atoms with van der Waals surface area (Å²) in [5.74, 6) is 2.91. The van der Waals surface area contributed by atoms with Crippen LogP contribution in [-0.2, 0) is 6.54 Å². The van der Waals surface area contributed by atoms with E-state index in [9.17, 15) is 0 Å². The van der Waals surface area contributed by atoms with Crippen LogP contribution >= 0.6 is 27.3 Å². The lowest BCUT2D eigenvalue weighted by Gasteiger charge is -2.11. The Morgan fingerprint density at radius 1 is 1.20 bits per heavy atom. The van der Waals surface area contributed by atoms with Gasteiger partial charge >= 0.3 is 0 Å². The molecule has 0 saturated heterocycles. The predicted molar refractivity (Wildman–Crippen MR) is 89.6 cm³/mol. The van der Waals surface area contributed by atoms with E-state index in [0.717, 1.165) is 35.0 Å². The highest BCUT2D eigenvalue weighted by molar-refractivity contribution is 9.10. The van der Waals surface area contributed by atoms with Crippen LogP contribution in [0.15, 0.2) is 22.0 Å². The van der Waals surface area contributed by atoms with Crippen molar-refractivity contribution in [3.05, 3.63) is 32.7 Å². The standard InChI is InChI=1S/C14H19BrN4S/c1-4-16-12-6-13(19-14(18-12)9(2)3)17-7-11-5-10(15)8-20-11/h5-6,8-9H,4,7H2,1-3H3,(H2,16,17,18,19). The molecule has 0 aliphatic heterocycles. The van der Waals surface area contributed by atoms with Gasteiger partial charge in [-0.05, 0) is 28.9 Å². The molecule has 2 rings (SSSR count). The number of anilines is 2. The van der Waals surface area contributed by atoms with Crippen molar-refractivity contribution >= 4 is 38.9 Å². The van der Waals surface area contributed by atoms with Crippen molar-refractivity contribution in [1.29, 1.82) is 0 Å². The van der Waals surface area contributed by atoms with Gasteiger partial charge in [0.25, 0.3) is 0 Å². The zero-order valence-corrected chi connectivity index (χ0v) is 14.3. The highest BCUT2D eigenvalue weighted by Gasteiger charge is 2.08. The third-order valence-corrected chi connectivity index (χ3v) is 4.38. The van der Waals surface area contributed by atoms with E-state index in [0.29, 0.717) is 5.92 Å². The van der Waals surface area contributed by atoms with E-state index >= 15 is 0 Å². The summed E-state index contributed by atoms with van der Waals surface area (Å²) < 4.78 is 1.12. The van der Waals surface area contributed by atoms with Gasteiger partial charge in [0.2, 0.25) is 0 Å². The molecule has 6 heteroatoms. The summed E-state index contributed by atoms with van der Waals surface area (Å²) in [5, 5.41) is 8.70. The molecule has 0 amide bonds. The molecular formula is C14H19BrN4S. The number of thiophene rings is 1. The summed E-state index contributed by atoms with van der Waals surface area (Å²) in [5.41, 5.74) is 0. The highest BCUT2D eigenvalue weighted by Crippen LogP contribution is 2.22. The normalized spacial score (nSPS) is 10.8. The summed E-state index contributed by atoms with van der Waals surface area (Å²) in [6.45, 7) is 7.89. The fourth-order valence-corrected chi connectivity index (χ4v) is 3.10. The Hall–Kier alpha value is -1.14. The van der Waals surface area contributed by atoms with Crippen molar-refractivity contribution in [2.45, 2.75) is 33.2 Å². The maximum absolute atomic E-state index is 4.57. The zero-order valence-electron chi connectivity index (χ0n) is 11.9. The molecule has 0 aliphatic carbocycles. The van der Waals surface area contributed by atoms with Crippen molar-refractivity contribution in [2.75, 3.05) is 17.2 Å². The van der Waals surface area contributed by atoms with Gasteiger partial charge in [-0.2, -0.15) is 0 Å². The summed E-state index contributed by atoms with van der Waals surface area (Å²) >= 11 is 5.19. The predicted octanol–water partition coefficient (Wildman–Crippen LogP) is 4.47. The van der Waals surface area contributed by atoms with Crippen LogP contribution in [0.1, 0.15) is 37.4 Å². The molecule has 2 N–H and O–H groups in total. The molecule has 20 heavy (non-hydrogen) atoms. The maximum Gasteiger partial charge on any atom is 0.135 e. The number of rotatable bonds is 6. The van der Waals surface area contributed by atoms with Crippen molar-refractivity contribution in [3.63, 3.8) is 0 Å². The molecule has 0 spiro atoms. The average molecular weight is 355 g/mol. The van der Waals surface area contributed by atoms with Gasteiger partial charge in [-0.1, -0.05) is 13.8 Å². The lowest BCUT2D eigenvalue weighted by Crippen LogP contribution is -2.08. The van der Waals surface area contributed by atoms with Gasteiger partial charge in [-0.25, -0.2) is 9.97 Å². The summed E-state index contributed by atoms with van der Waals surface area (Å²) in [6, 6.07) is 4.07. The molecule has 0 bridgehead atoms. The lowest BCUT2D eigenvalue weighted by atomic mass is 10.2. The second-order valence-electron chi connectivity index (χ2n) is 4.77. The van der Waals surface area contributed by atoms with Crippen molar-refractivity contribution in [3.8, 4) is 0 Å². The lowest BCUT2D eigenvalue weighted by molar-refractivity contribution is 0.775. The molecule has 0 aliphatic rings. The quantitative estimate of drug-likeness (QED) is 0.803. The highest BCUT2D eigenvalue weighted by atomic mass is 79.9. The van der Waals surface area contributed by atoms with Crippen LogP contribution in [0.4, 0.5) is 11.6 Å². The van der Waals surface area contributed by atoms with Gasteiger partial charge in [-0.15, -0.1) is 11.3 Å². The minimum absolute atomic E-state index is 0.310. The molecule has 4 nitrogen and oxygen atoms in total. The first-order valence-electron chi connectivity index (χ1n) is 6.68. The Balaban J connectivity index is 2.13. The van der Waals surface area contributed by atoms with Crippen LogP contribution in [0.5, 0.6) is 0 Å². The molecule has 2 aromatic heterocycles. The van der Waals surface area contributed by atoms with Crippen LogP contribution in [0.2, 0.25) is 0 Å². The Morgan fingerprint density at radius 2 is 1.90 bits per heavy atom. The van der Waals surface area contributed by atoms with Crippen LogP contribution in [0, 0.1) is 0 Å². The molecule has 0 radical (unpaired) electrons. The Bertz CT molecular complexity index is 568. The first kappa shape index (κ1) is 15.3. The maximum atomic E-state index is 4.57. The summed E-state index contributed by atoms with van der Waals surface area (Å²) in [7, 11) is 0. The largest absolute Gasteiger partial charge is 0.370 e. The summed E-state index contributed by atoms with van der Waals surface area (Å²) in [6.07, 6.45) is 0. The number of nitrogens with zero attached hydrogens (tertiary/aromatic N) is 2. The van der Waals surface area contributed by atoms with Gasteiger partial charge < -0.3 is 10.6 Å². The number of hydrogen-bond acceptors (Lipinski definition) is 5. The number of halogens is 1. The van der Waals surface area contributed by atoms with E-state index < -0.39 is 0 Å². The number of hydrogen-bond donors (Lipinski definition) is 2. The topological polar surface area (TPSA) is 49.8 Å². The first-order valence-corrected chi connectivity index (χ1v) is 8.35. The smallest absolute Gasteiger partial charge is 0.135 e. The average Bonchev–Trinajstić information content (AvgIpc) is 2.82. The zero-order chi connectivity index (χ0) is 14.5. The van der Waals surface area contributed by atoms with Gasteiger partial charge in [0.05, 0.1) is 6.54 Å². The van der Waals surface area contributed by atoms with E-state index in [4.69, 9.17) is 0 Å². The van der Waals surface area contributed by atoms with Crippen molar-refractivity contribution < 1.29 is 0 Å². The monoisotopic (exact) mass is 354 g/mol. The van der Waals surface area contributed by atoms with Crippen LogP contribution in [0.3, 0.4) is 0 Å². The minimum Gasteiger partial charge on any atom is -0.370 e. The van der Waals surface area contributed by atoms with E-state index in [1.54, 1.807) is 11.3 Å². The molecule has 0 unspecified atom stereocenters. The van der Waals surface area contributed by atoms with Gasteiger partial charge in [0.15, 0.2) is 0 Å². The molecule has 2 heterocycles. The second kappa shape index (κ2) is 7.04. The van der Waals surface area contributed by atoms with E-state index in [1.165, 1.54) is 4.88 Å². The molecule has 0 atom stereocenters. The molecule has 0 fully saturated rings. The fourth-order valence-electron chi connectivity index (χ4n) is 1.71. The van der Waals surface area contributed by atoms with Crippen molar-refractivity contribution in [2.24, 2.45) is 0 Å². The first-order chi connectivity index (χ1) is 9.58. The molecule has 0 aromatic carbocycles. The van der Waals surface area contributed by atoms with Crippen molar-refractivity contribution in [1.82, 2.24) is 9.97 Å². The Kier molecular flexibility index (Phi) is 5.37. The Labute approximate surface area is 132 Å². The SMILES string of the molecule is CCNc1cc(NCc2cc(Br)cs2)nc(C(C)C)n1. The number of nitrogens with one attached hydrogen (secondary N) is 2. The third kappa shape index (κ3) is 4.18. The molecular weight excluding hydrogens is 336 g/mol. The molecule has 2 aromatic rings. The van der Waals surface area contributed by atoms with Crippen LogP contribution < -0.4 is 10.6 Å². The van der Waals surface area contributed by atoms with Gasteiger partial charge in [0, 0.05) is 33.3 Å². The van der Waals surface area contributed by atoms with Crippen LogP contribution in [0.25, 0.3) is 0 Å². The van der Waals surface area contributed by atoms with Gasteiger partial charge in [-0.3, -0.25) is 0 Å². The van der Waals surface area contributed by atoms with E-state index in [2.05, 4.69) is 68.7 Å². The van der Waals surface area contributed by atoms with E-state index in [-0.39, 0.29) is 0 Å². The molecule has 0 saturated carbocycles. The van der Waals surface area contributed by atoms with Crippen LogP contribution in [-0.4, -0.2) is 16.5 Å². The van der Waals surface area contributed by atoms with E-state index in [1.807, 2.05) is 6.07 Å². The Morgan fingerprint density at radius 3 is 2.45 bits per heavy atom. The summed E-state index contributed by atoms with van der Waals surface area (Å²) in [4.78, 5) is 10.4. The third-order valence-electron chi connectivity index (χ3n) is 2.68. The molecule has 108 valence electrons. The fraction of sp³-hybridized carbons (Fsp3) is 0.429. The number of aromatic nitrogens is 2. The second-order valence-corrected chi connectivity index (χ2v) is 6.68. The minimum atomic E-state index is 0.310.